The molecule has 1 aromatic carbocycles. The Morgan fingerprint density at radius 1 is 1.21 bits per heavy atom. The van der Waals surface area contributed by atoms with Gasteiger partial charge in [0.25, 0.3) is 5.91 Å². The number of ether oxygens (including phenoxy) is 1. The lowest BCUT2D eigenvalue weighted by atomic mass is 10.2. The highest BCUT2D eigenvalue weighted by atomic mass is 35.6. The van der Waals surface area contributed by atoms with Gasteiger partial charge < -0.3 is 20.7 Å². The minimum Gasteiger partial charge on any atom is -0.488 e. The lowest BCUT2D eigenvalue weighted by Crippen LogP contribution is -2.56. The lowest BCUT2D eigenvalue weighted by molar-refractivity contribution is -0.137. The molecule has 0 saturated heterocycles. The van der Waals surface area contributed by atoms with Gasteiger partial charge in [-0.05, 0) is 36.5 Å². The zero-order valence-corrected chi connectivity index (χ0v) is 17.5. The first-order valence-corrected chi connectivity index (χ1v) is 9.45. The molecule has 0 saturated carbocycles. The van der Waals surface area contributed by atoms with Crippen molar-refractivity contribution >= 4 is 75.3 Å². The number of rotatable bonds is 4. The maximum Gasteiger partial charge on any atom is 0.416 e. The average molecular weight is 497 g/mol. The SMILES string of the molecule is O=C(NC(NC(=S)Nc1cc(C(F)(F)F)ccc1Cl)C(Cl)(Cl)Cl)C1=CCCO1. The summed E-state index contributed by atoms with van der Waals surface area (Å²) in [5.41, 5.74) is -1.05. The molecule has 13 heteroatoms. The first-order chi connectivity index (χ1) is 12.9. The Balaban J connectivity index is 2.10. The van der Waals surface area contributed by atoms with Crippen molar-refractivity contribution in [3.05, 3.63) is 40.6 Å². The Labute approximate surface area is 183 Å². The quantitative estimate of drug-likeness (QED) is 0.318. The molecule has 1 atom stereocenters. The molecule has 0 fully saturated rings. The third-order valence-electron chi connectivity index (χ3n) is 3.35. The fourth-order valence-corrected chi connectivity index (χ4v) is 2.78. The van der Waals surface area contributed by atoms with E-state index in [2.05, 4.69) is 16.0 Å². The normalized spacial score (nSPS) is 15.3. The second-order valence-corrected chi connectivity index (χ2v) is 8.63. The van der Waals surface area contributed by atoms with Gasteiger partial charge in [-0.1, -0.05) is 46.4 Å². The summed E-state index contributed by atoms with van der Waals surface area (Å²) >= 11 is 28.5. The molecule has 0 spiro atoms. The third kappa shape index (κ3) is 6.45. The molecule has 5 nitrogen and oxygen atoms in total. The van der Waals surface area contributed by atoms with Crippen molar-refractivity contribution < 1.29 is 22.7 Å². The molecule has 1 amide bonds. The molecule has 0 aliphatic carbocycles. The number of halogens is 7. The molecular formula is C15H12Cl4F3N3O2S. The molecule has 0 bridgehead atoms. The van der Waals surface area contributed by atoms with Crippen LogP contribution in [0.25, 0.3) is 0 Å². The van der Waals surface area contributed by atoms with Crippen molar-refractivity contribution in [1.82, 2.24) is 10.6 Å². The van der Waals surface area contributed by atoms with Gasteiger partial charge in [-0.3, -0.25) is 4.79 Å². The molecular weight excluding hydrogens is 485 g/mol. The predicted molar refractivity (Wildman–Crippen MR) is 107 cm³/mol. The number of thiocarbonyl (C=S) groups is 1. The maximum atomic E-state index is 12.9. The van der Waals surface area contributed by atoms with Gasteiger partial charge in [-0.25, -0.2) is 0 Å². The van der Waals surface area contributed by atoms with Crippen molar-refractivity contribution in [3.8, 4) is 0 Å². The van der Waals surface area contributed by atoms with Gasteiger partial charge in [-0.2, -0.15) is 13.2 Å². The van der Waals surface area contributed by atoms with E-state index in [1.54, 1.807) is 6.08 Å². The Morgan fingerprint density at radius 2 is 1.89 bits per heavy atom. The smallest absolute Gasteiger partial charge is 0.416 e. The highest BCUT2D eigenvalue weighted by molar-refractivity contribution is 7.80. The molecule has 2 rings (SSSR count). The first-order valence-electron chi connectivity index (χ1n) is 7.52. The number of hydrogen-bond acceptors (Lipinski definition) is 3. The summed E-state index contributed by atoms with van der Waals surface area (Å²) in [5, 5.41) is 7.13. The van der Waals surface area contributed by atoms with Gasteiger partial charge >= 0.3 is 6.18 Å². The molecule has 0 radical (unpaired) electrons. The minimum absolute atomic E-state index is 0.0175. The van der Waals surface area contributed by atoms with Crippen molar-refractivity contribution in [2.75, 3.05) is 11.9 Å². The Bertz CT molecular complexity index is 800. The molecule has 1 aromatic rings. The van der Waals surface area contributed by atoms with E-state index in [4.69, 9.17) is 63.4 Å². The fourth-order valence-electron chi connectivity index (χ4n) is 2.06. The van der Waals surface area contributed by atoms with E-state index < -0.39 is 27.6 Å². The molecule has 0 aromatic heterocycles. The van der Waals surface area contributed by atoms with Gasteiger partial charge in [0.1, 0.15) is 6.17 Å². The van der Waals surface area contributed by atoms with Crippen LogP contribution in [0.15, 0.2) is 30.0 Å². The Morgan fingerprint density at radius 3 is 2.43 bits per heavy atom. The van der Waals surface area contributed by atoms with E-state index in [1.165, 1.54) is 0 Å². The second-order valence-electron chi connectivity index (χ2n) is 5.44. The number of carbonyl (C=O) groups is 1. The van der Waals surface area contributed by atoms with Gasteiger partial charge in [0.15, 0.2) is 10.9 Å². The molecule has 3 N–H and O–H groups in total. The number of alkyl halides is 6. The maximum absolute atomic E-state index is 12.9. The molecule has 1 unspecified atom stereocenters. The van der Waals surface area contributed by atoms with Crippen LogP contribution in [-0.4, -0.2) is 27.6 Å². The summed E-state index contributed by atoms with van der Waals surface area (Å²) in [6.45, 7) is 0.350. The van der Waals surface area contributed by atoms with E-state index in [1.807, 2.05) is 0 Å². The van der Waals surface area contributed by atoms with Crippen LogP contribution in [0.1, 0.15) is 12.0 Å². The number of amides is 1. The van der Waals surface area contributed by atoms with E-state index in [0.29, 0.717) is 13.0 Å². The zero-order chi connectivity index (χ0) is 21.1. The second kappa shape index (κ2) is 9.13. The predicted octanol–water partition coefficient (Wildman–Crippen LogP) is 4.76. The zero-order valence-electron chi connectivity index (χ0n) is 13.7. The lowest BCUT2D eigenvalue weighted by Gasteiger charge is -2.28. The Kier molecular flexibility index (Phi) is 7.55. The summed E-state index contributed by atoms with van der Waals surface area (Å²) < 4.78 is 41.6. The van der Waals surface area contributed by atoms with Gasteiger partial charge in [0, 0.05) is 6.42 Å². The van der Waals surface area contributed by atoms with Crippen molar-refractivity contribution in [3.63, 3.8) is 0 Å². The summed E-state index contributed by atoms with van der Waals surface area (Å²) in [4.78, 5) is 12.1. The highest BCUT2D eigenvalue weighted by Crippen LogP contribution is 2.34. The van der Waals surface area contributed by atoms with Gasteiger partial charge in [0.05, 0.1) is 22.9 Å². The molecule has 1 aliphatic heterocycles. The molecule has 1 heterocycles. The van der Waals surface area contributed by atoms with Crippen LogP contribution in [0, 0.1) is 0 Å². The van der Waals surface area contributed by atoms with Crippen LogP contribution in [0.4, 0.5) is 18.9 Å². The van der Waals surface area contributed by atoms with Crippen LogP contribution in [0.5, 0.6) is 0 Å². The minimum atomic E-state index is -4.57. The third-order valence-corrected chi connectivity index (χ3v) is 4.55. The number of hydrogen-bond donors (Lipinski definition) is 3. The van der Waals surface area contributed by atoms with Crippen LogP contribution in [-0.2, 0) is 15.7 Å². The molecule has 1 aliphatic rings. The topological polar surface area (TPSA) is 62.4 Å². The van der Waals surface area contributed by atoms with Crippen LogP contribution in [0.3, 0.4) is 0 Å². The summed E-state index contributed by atoms with van der Waals surface area (Å²) in [7, 11) is 0. The largest absolute Gasteiger partial charge is 0.488 e. The van der Waals surface area contributed by atoms with E-state index in [9.17, 15) is 18.0 Å². The van der Waals surface area contributed by atoms with Gasteiger partial charge in [0.2, 0.25) is 3.79 Å². The van der Waals surface area contributed by atoms with E-state index >= 15 is 0 Å². The molecule has 154 valence electrons. The number of nitrogens with one attached hydrogen (secondary N) is 3. The van der Waals surface area contributed by atoms with Gasteiger partial charge in [-0.15, -0.1) is 0 Å². The van der Waals surface area contributed by atoms with E-state index in [0.717, 1.165) is 18.2 Å². The Hall–Kier alpha value is -1.13. The standard InChI is InChI=1S/C15H12Cl4F3N3O2S/c16-8-4-3-7(15(20,21)22)6-9(8)23-13(28)25-12(14(17,18)19)24-11(26)10-2-1-5-27-10/h2-4,6,12H,1,5H2,(H,24,26)(H2,23,25,28). The monoisotopic (exact) mass is 495 g/mol. The van der Waals surface area contributed by atoms with E-state index in [-0.39, 0.29) is 21.6 Å². The number of carbonyl (C=O) groups excluding carboxylic acids is 1. The van der Waals surface area contributed by atoms with Crippen LogP contribution >= 0.6 is 58.6 Å². The van der Waals surface area contributed by atoms with Crippen molar-refractivity contribution in [2.24, 2.45) is 0 Å². The fraction of sp³-hybridized carbons (Fsp3) is 0.333. The van der Waals surface area contributed by atoms with Crippen molar-refractivity contribution in [1.29, 1.82) is 0 Å². The van der Waals surface area contributed by atoms with Crippen LogP contribution < -0.4 is 16.0 Å². The summed E-state index contributed by atoms with van der Waals surface area (Å²) in [5.74, 6) is -0.595. The number of benzene rings is 1. The van der Waals surface area contributed by atoms with Crippen molar-refractivity contribution in [2.45, 2.75) is 22.6 Å². The first kappa shape index (κ1) is 23.2. The number of anilines is 1. The van der Waals surface area contributed by atoms with Crippen LogP contribution in [0.2, 0.25) is 5.02 Å². The summed E-state index contributed by atoms with van der Waals surface area (Å²) in [6.07, 6.45) is -3.77. The average Bonchev–Trinajstić information content (AvgIpc) is 3.09. The summed E-state index contributed by atoms with van der Waals surface area (Å²) in [6, 6.07) is 2.66. The molecule has 28 heavy (non-hydrogen) atoms. The highest BCUT2D eigenvalue weighted by Gasteiger charge is 2.36.